The van der Waals surface area contributed by atoms with Crippen LogP contribution < -0.4 is 10.6 Å². The predicted octanol–water partition coefficient (Wildman–Crippen LogP) is 1.83. The second kappa shape index (κ2) is 6.09. The molecule has 116 valence electrons. The first-order chi connectivity index (χ1) is 10.7. The molecule has 0 aliphatic carbocycles. The molecular formula is C16H19N3O3. The number of benzene rings is 1. The van der Waals surface area contributed by atoms with Gasteiger partial charge in [0, 0.05) is 12.2 Å². The van der Waals surface area contributed by atoms with Crippen molar-refractivity contribution in [3.05, 3.63) is 51.7 Å². The van der Waals surface area contributed by atoms with Gasteiger partial charge in [-0.15, -0.1) is 0 Å². The molecule has 1 aromatic heterocycles. The van der Waals surface area contributed by atoms with Gasteiger partial charge in [0.05, 0.1) is 18.8 Å². The summed E-state index contributed by atoms with van der Waals surface area (Å²) < 4.78 is 4.99. The van der Waals surface area contributed by atoms with E-state index in [9.17, 15) is 9.59 Å². The van der Waals surface area contributed by atoms with E-state index in [0.717, 1.165) is 25.1 Å². The number of hydrogen-bond donors (Lipinski definition) is 2. The SMILES string of the molecule is CCOC(=O)c1[nH]c(=O)[nH]c1CN1CCCc2ccccc21. The summed E-state index contributed by atoms with van der Waals surface area (Å²) in [6, 6.07) is 8.23. The molecule has 0 atom stereocenters. The fourth-order valence-electron chi connectivity index (χ4n) is 2.88. The number of imidazole rings is 1. The van der Waals surface area contributed by atoms with Crippen molar-refractivity contribution < 1.29 is 9.53 Å². The number of fused-ring (bicyclic) bond motifs is 1. The van der Waals surface area contributed by atoms with Crippen LogP contribution in [0.25, 0.3) is 0 Å². The van der Waals surface area contributed by atoms with E-state index in [1.807, 2.05) is 12.1 Å². The zero-order chi connectivity index (χ0) is 15.5. The van der Waals surface area contributed by atoms with Gasteiger partial charge in [-0.05, 0) is 31.4 Å². The number of aromatic nitrogens is 2. The highest BCUT2D eigenvalue weighted by molar-refractivity contribution is 5.88. The third-order valence-electron chi connectivity index (χ3n) is 3.84. The number of nitrogens with zero attached hydrogens (tertiary/aromatic N) is 1. The number of aryl methyl sites for hydroxylation is 1. The normalized spacial score (nSPS) is 13.8. The largest absolute Gasteiger partial charge is 0.461 e. The highest BCUT2D eigenvalue weighted by Crippen LogP contribution is 2.28. The molecule has 1 aromatic carbocycles. The van der Waals surface area contributed by atoms with E-state index in [2.05, 4.69) is 27.0 Å². The number of carbonyl (C=O) groups excluding carboxylic acids is 1. The standard InChI is InChI=1S/C16H19N3O3/c1-2-22-15(20)14-12(17-16(21)18-14)10-19-9-5-7-11-6-3-4-8-13(11)19/h3-4,6,8H,2,5,7,9-10H2,1H3,(H2,17,18,21). The number of esters is 1. The van der Waals surface area contributed by atoms with Crippen LogP contribution in [0.2, 0.25) is 0 Å². The molecule has 0 fully saturated rings. The number of rotatable bonds is 4. The summed E-state index contributed by atoms with van der Waals surface area (Å²) in [5.74, 6) is -0.499. The Labute approximate surface area is 128 Å². The van der Waals surface area contributed by atoms with Gasteiger partial charge in [0.15, 0.2) is 5.69 Å². The summed E-state index contributed by atoms with van der Waals surface area (Å²) in [5.41, 5.74) is 2.85. The Bertz CT molecular complexity index is 732. The molecule has 0 amide bonds. The monoisotopic (exact) mass is 301 g/mol. The average molecular weight is 301 g/mol. The van der Waals surface area contributed by atoms with Crippen LogP contribution in [0.5, 0.6) is 0 Å². The third-order valence-corrected chi connectivity index (χ3v) is 3.84. The molecule has 2 heterocycles. The molecule has 2 aromatic rings. The number of anilines is 1. The second-order valence-corrected chi connectivity index (χ2v) is 5.31. The fourth-order valence-corrected chi connectivity index (χ4v) is 2.88. The van der Waals surface area contributed by atoms with Gasteiger partial charge in [-0.3, -0.25) is 4.98 Å². The first-order valence-corrected chi connectivity index (χ1v) is 7.50. The van der Waals surface area contributed by atoms with E-state index in [0.29, 0.717) is 12.2 Å². The van der Waals surface area contributed by atoms with Crippen LogP contribution in [0.4, 0.5) is 5.69 Å². The maximum absolute atomic E-state index is 11.9. The summed E-state index contributed by atoms with van der Waals surface area (Å²) in [6.07, 6.45) is 2.11. The Morgan fingerprint density at radius 2 is 2.14 bits per heavy atom. The number of ether oxygens (including phenoxy) is 1. The molecule has 2 N–H and O–H groups in total. The van der Waals surface area contributed by atoms with Crippen molar-refractivity contribution in [3.8, 4) is 0 Å². The molecule has 0 spiro atoms. The van der Waals surface area contributed by atoms with Crippen molar-refractivity contribution in [1.82, 2.24) is 9.97 Å². The van der Waals surface area contributed by atoms with Crippen molar-refractivity contribution >= 4 is 11.7 Å². The summed E-state index contributed by atoms with van der Waals surface area (Å²) in [5, 5.41) is 0. The minimum atomic E-state index is -0.499. The molecule has 0 saturated carbocycles. The maximum Gasteiger partial charge on any atom is 0.356 e. The first-order valence-electron chi connectivity index (χ1n) is 7.50. The second-order valence-electron chi connectivity index (χ2n) is 5.31. The van der Waals surface area contributed by atoms with Crippen LogP contribution in [-0.4, -0.2) is 29.1 Å². The van der Waals surface area contributed by atoms with Crippen molar-refractivity contribution in [3.63, 3.8) is 0 Å². The lowest BCUT2D eigenvalue weighted by atomic mass is 10.0. The van der Waals surface area contributed by atoms with Gasteiger partial charge in [0.2, 0.25) is 0 Å². The zero-order valence-corrected chi connectivity index (χ0v) is 12.5. The van der Waals surface area contributed by atoms with Crippen molar-refractivity contribution in [2.45, 2.75) is 26.3 Å². The van der Waals surface area contributed by atoms with Gasteiger partial charge in [-0.2, -0.15) is 0 Å². The summed E-state index contributed by atoms with van der Waals surface area (Å²) in [7, 11) is 0. The third kappa shape index (κ3) is 2.77. The lowest BCUT2D eigenvalue weighted by Gasteiger charge is -2.31. The molecule has 1 aliphatic rings. The minimum Gasteiger partial charge on any atom is -0.461 e. The number of para-hydroxylation sites is 1. The van der Waals surface area contributed by atoms with Gasteiger partial charge < -0.3 is 14.6 Å². The van der Waals surface area contributed by atoms with Gasteiger partial charge in [0.25, 0.3) is 0 Å². The Morgan fingerprint density at radius 3 is 2.95 bits per heavy atom. The van der Waals surface area contributed by atoms with E-state index < -0.39 is 5.97 Å². The Kier molecular flexibility index (Phi) is 4.00. The summed E-state index contributed by atoms with van der Waals surface area (Å²) in [4.78, 5) is 30.9. The van der Waals surface area contributed by atoms with Crippen LogP contribution >= 0.6 is 0 Å². The topological polar surface area (TPSA) is 78.2 Å². The maximum atomic E-state index is 11.9. The molecule has 6 nitrogen and oxygen atoms in total. The fraction of sp³-hybridized carbons (Fsp3) is 0.375. The summed E-state index contributed by atoms with van der Waals surface area (Å²) in [6.45, 7) is 3.39. The van der Waals surface area contributed by atoms with Gasteiger partial charge in [0.1, 0.15) is 0 Å². The van der Waals surface area contributed by atoms with E-state index in [1.165, 1.54) is 5.56 Å². The molecule has 0 bridgehead atoms. The Balaban J connectivity index is 1.88. The van der Waals surface area contributed by atoms with E-state index >= 15 is 0 Å². The van der Waals surface area contributed by atoms with Gasteiger partial charge >= 0.3 is 11.7 Å². The van der Waals surface area contributed by atoms with Gasteiger partial charge in [-0.25, -0.2) is 9.59 Å². The van der Waals surface area contributed by atoms with E-state index in [4.69, 9.17) is 4.74 Å². The van der Waals surface area contributed by atoms with Crippen LogP contribution in [0.15, 0.2) is 29.1 Å². The smallest absolute Gasteiger partial charge is 0.356 e. The number of carbonyl (C=O) groups is 1. The highest BCUT2D eigenvalue weighted by atomic mass is 16.5. The molecule has 3 rings (SSSR count). The van der Waals surface area contributed by atoms with E-state index in [-0.39, 0.29) is 18.0 Å². The number of aromatic amines is 2. The van der Waals surface area contributed by atoms with Crippen molar-refractivity contribution in [1.29, 1.82) is 0 Å². The van der Waals surface area contributed by atoms with Gasteiger partial charge in [-0.1, -0.05) is 18.2 Å². The van der Waals surface area contributed by atoms with Crippen LogP contribution in [-0.2, 0) is 17.7 Å². The first kappa shape index (κ1) is 14.4. The average Bonchev–Trinajstić information content (AvgIpc) is 2.89. The molecule has 6 heteroatoms. The van der Waals surface area contributed by atoms with Crippen LogP contribution in [0.3, 0.4) is 0 Å². The quantitative estimate of drug-likeness (QED) is 0.845. The lowest BCUT2D eigenvalue weighted by molar-refractivity contribution is 0.0518. The van der Waals surface area contributed by atoms with Crippen molar-refractivity contribution in [2.24, 2.45) is 0 Å². The highest BCUT2D eigenvalue weighted by Gasteiger charge is 2.22. The molecule has 1 aliphatic heterocycles. The Hall–Kier alpha value is -2.50. The molecule has 22 heavy (non-hydrogen) atoms. The number of hydrogen-bond acceptors (Lipinski definition) is 4. The molecular weight excluding hydrogens is 282 g/mol. The molecule has 0 unspecified atom stereocenters. The Morgan fingerprint density at radius 1 is 1.32 bits per heavy atom. The predicted molar refractivity (Wildman–Crippen MR) is 83.2 cm³/mol. The number of H-pyrrole nitrogens is 2. The molecule has 0 radical (unpaired) electrons. The summed E-state index contributed by atoms with van der Waals surface area (Å²) >= 11 is 0. The number of nitrogens with one attached hydrogen (secondary N) is 2. The van der Waals surface area contributed by atoms with Crippen LogP contribution in [0, 0.1) is 0 Å². The van der Waals surface area contributed by atoms with Crippen molar-refractivity contribution in [2.75, 3.05) is 18.1 Å². The van der Waals surface area contributed by atoms with E-state index in [1.54, 1.807) is 6.92 Å². The minimum absolute atomic E-state index is 0.218. The lowest BCUT2D eigenvalue weighted by Crippen LogP contribution is -2.29. The molecule has 0 saturated heterocycles. The zero-order valence-electron chi connectivity index (χ0n) is 12.5. The van der Waals surface area contributed by atoms with Crippen LogP contribution in [0.1, 0.15) is 35.1 Å².